The van der Waals surface area contributed by atoms with Crippen LogP contribution >= 0.6 is 0 Å². The van der Waals surface area contributed by atoms with Crippen molar-refractivity contribution in [2.45, 2.75) is 25.8 Å². The Kier molecular flexibility index (Phi) is 5.51. The molecular formula is C14H21N3O2. The molecule has 0 aliphatic heterocycles. The summed E-state index contributed by atoms with van der Waals surface area (Å²) in [5.41, 5.74) is 6.71. The third-order valence-corrected chi connectivity index (χ3v) is 2.76. The van der Waals surface area contributed by atoms with E-state index in [4.69, 9.17) is 5.73 Å². The SMILES string of the molecule is CCC[C@@H](N)C(=O)Nc1ccccc1C(=O)N(C)C. The summed E-state index contributed by atoms with van der Waals surface area (Å²) in [4.78, 5) is 25.3. The maximum absolute atomic E-state index is 12.0. The average molecular weight is 263 g/mol. The molecule has 0 fully saturated rings. The van der Waals surface area contributed by atoms with E-state index in [1.165, 1.54) is 4.90 Å². The predicted octanol–water partition coefficient (Wildman–Crippen LogP) is 1.45. The molecular weight excluding hydrogens is 242 g/mol. The van der Waals surface area contributed by atoms with Gasteiger partial charge in [-0.2, -0.15) is 0 Å². The monoisotopic (exact) mass is 263 g/mol. The van der Waals surface area contributed by atoms with Gasteiger partial charge >= 0.3 is 0 Å². The second-order valence-corrected chi connectivity index (χ2v) is 4.63. The zero-order chi connectivity index (χ0) is 14.4. The minimum atomic E-state index is -0.549. The molecule has 0 aliphatic carbocycles. The largest absolute Gasteiger partial charge is 0.345 e. The number of nitrogens with zero attached hydrogens (tertiary/aromatic N) is 1. The fraction of sp³-hybridized carbons (Fsp3) is 0.429. The maximum atomic E-state index is 12.0. The maximum Gasteiger partial charge on any atom is 0.255 e. The Hall–Kier alpha value is -1.88. The van der Waals surface area contributed by atoms with E-state index in [0.717, 1.165) is 6.42 Å². The molecule has 2 amide bonds. The summed E-state index contributed by atoms with van der Waals surface area (Å²) in [6, 6.07) is 6.37. The lowest BCUT2D eigenvalue weighted by Gasteiger charge is -2.16. The van der Waals surface area contributed by atoms with Crippen molar-refractivity contribution >= 4 is 17.5 Å². The molecule has 5 nitrogen and oxygen atoms in total. The van der Waals surface area contributed by atoms with Crippen LogP contribution in [0.15, 0.2) is 24.3 Å². The molecule has 0 spiro atoms. The highest BCUT2D eigenvalue weighted by molar-refractivity contribution is 6.04. The second kappa shape index (κ2) is 6.89. The Bertz CT molecular complexity index is 458. The summed E-state index contributed by atoms with van der Waals surface area (Å²) < 4.78 is 0. The van der Waals surface area contributed by atoms with Gasteiger partial charge in [0, 0.05) is 14.1 Å². The van der Waals surface area contributed by atoms with Crippen molar-refractivity contribution in [2.24, 2.45) is 5.73 Å². The number of carbonyl (C=O) groups is 2. The van der Waals surface area contributed by atoms with Crippen LogP contribution < -0.4 is 11.1 Å². The number of anilines is 1. The van der Waals surface area contributed by atoms with Crippen LogP contribution in [0.1, 0.15) is 30.1 Å². The molecule has 1 atom stereocenters. The molecule has 104 valence electrons. The Morgan fingerprint density at radius 2 is 1.95 bits per heavy atom. The van der Waals surface area contributed by atoms with Crippen molar-refractivity contribution in [1.29, 1.82) is 0 Å². The normalized spacial score (nSPS) is 11.8. The zero-order valence-electron chi connectivity index (χ0n) is 11.6. The molecule has 3 N–H and O–H groups in total. The fourth-order valence-corrected chi connectivity index (χ4v) is 1.69. The van der Waals surface area contributed by atoms with Gasteiger partial charge in [0.2, 0.25) is 5.91 Å². The van der Waals surface area contributed by atoms with Gasteiger partial charge in [-0.05, 0) is 18.6 Å². The van der Waals surface area contributed by atoms with Crippen LogP contribution in [0.25, 0.3) is 0 Å². The number of amides is 2. The average Bonchev–Trinajstić information content (AvgIpc) is 2.38. The van der Waals surface area contributed by atoms with Crippen LogP contribution in [0.5, 0.6) is 0 Å². The predicted molar refractivity (Wildman–Crippen MR) is 76.0 cm³/mol. The topological polar surface area (TPSA) is 75.4 Å². The molecule has 0 unspecified atom stereocenters. The molecule has 0 aromatic heterocycles. The van der Waals surface area contributed by atoms with Crippen molar-refractivity contribution in [3.8, 4) is 0 Å². The summed E-state index contributed by atoms with van der Waals surface area (Å²) in [5, 5.41) is 2.72. The first-order chi connectivity index (χ1) is 8.97. The Morgan fingerprint density at radius 3 is 2.53 bits per heavy atom. The van der Waals surface area contributed by atoms with Crippen molar-refractivity contribution in [3.05, 3.63) is 29.8 Å². The molecule has 0 saturated heterocycles. The summed E-state index contributed by atoms with van der Waals surface area (Å²) in [5.74, 6) is -0.416. The molecule has 5 heteroatoms. The number of para-hydroxylation sites is 1. The number of nitrogens with one attached hydrogen (secondary N) is 1. The minimum Gasteiger partial charge on any atom is -0.345 e. The summed E-state index contributed by atoms with van der Waals surface area (Å²) in [6.07, 6.45) is 1.46. The molecule has 0 radical (unpaired) electrons. The van der Waals surface area contributed by atoms with E-state index in [2.05, 4.69) is 5.32 Å². The second-order valence-electron chi connectivity index (χ2n) is 4.63. The van der Waals surface area contributed by atoms with Gasteiger partial charge in [-0.15, -0.1) is 0 Å². The van der Waals surface area contributed by atoms with Crippen molar-refractivity contribution in [1.82, 2.24) is 4.90 Å². The first-order valence-corrected chi connectivity index (χ1v) is 6.34. The van der Waals surface area contributed by atoms with E-state index >= 15 is 0 Å². The van der Waals surface area contributed by atoms with Crippen molar-refractivity contribution < 1.29 is 9.59 Å². The standard InChI is InChI=1S/C14H21N3O2/c1-4-7-11(15)13(18)16-12-9-6-5-8-10(12)14(19)17(2)3/h5-6,8-9,11H,4,7,15H2,1-3H3,(H,16,18)/t11-/m1/s1. The molecule has 19 heavy (non-hydrogen) atoms. The molecule has 1 rings (SSSR count). The number of carbonyl (C=O) groups excluding carboxylic acids is 2. The summed E-state index contributed by atoms with van der Waals surface area (Å²) in [6.45, 7) is 1.97. The lowest BCUT2D eigenvalue weighted by Crippen LogP contribution is -2.36. The van der Waals surface area contributed by atoms with Crippen LogP contribution in [-0.4, -0.2) is 36.9 Å². The van der Waals surface area contributed by atoms with Gasteiger partial charge in [-0.25, -0.2) is 0 Å². The van der Waals surface area contributed by atoms with Gasteiger partial charge in [0.05, 0.1) is 17.3 Å². The first-order valence-electron chi connectivity index (χ1n) is 6.34. The van der Waals surface area contributed by atoms with Gasteiger partial charge in [0.25, 0.3) is 5.91 Å². The third kappa shape index (κ3) is 4.06. The molecule has 1 aromatic rings. The zero-order valence-corrected chi connectivity index (χ0v) is 11.6. The van der Waals surface area contributed by atoms with E-state index in [-0.39, 0.29) is 11.8 Å². The molecule has 0 heterocycles. The van der Waals surface area contributed by atoms with Gasteiger partial charge < -0.3 is 16.0 Å². The van der Waals surface area contributed by atoms with Crippen LogP contribution in [-0.2, 0) is 4.79 Å². The lowest BCUT2D eigenvalue weighted by molar-refractivity contribution is -0.117. The lowest BCUT2D eigenvalue weighted by atomic mass is 10.1. The van der Waals surface area contributed by atoms with E-state index in [1.807, 2.05) is 6.92 Å². The molecule has 1 aromatic carbocycles. The van der Waals surface area contributed by atoms with E-state index in [0.29, 0.717) is 17.7 Å². The van der Waals surface area contributed by atoms with Gasteiger partial charge in [0.15, 0.2) is 0 Å². The highest BCUT2D eigenvalue weighted by atomic mass is 16.2. The fourth-order valence-electron chi connectivity index (χ4n) is 1.69. The Morgan fingerprint density at radius 1 is 1.32 bits per heavy atom. The Labute approximate surface area is 113 Å². The minimum absolute atomic E-state index is 0.153. The third-order valence-electron chi connectivity index (χ3n) is 2.76. The summed E-state index contributed by atoms with van der Waals surface area (Å²) in [7, 11) is 3.34. The number of hydrogen-bond donors (Lipinski definition) is 2. The van der Waals surface area contributed by atoms with Crippen molar-refractivity contribution in [3.63, 3.8) is 0 Å². The van der Waals surface area contributed by atoms with Crippen LogP contribution in [0.4, 0.5) is 5.69 Å². The number of benzene rings is 1. The van der Waals surface area contributed by atoms with Gasteiger partial charge in [0.1, 0.15) is 0 Å². The highest BCUT2D eigenvalue weighted by Crippen LogP contribution is 2.16. The van der Waals surface area contributed by atoms with Crippen LogP contribution in [0.2, 0.25) is 0 Å². The number of nitrogens with two attached hydrogens (primary N) is 1. The quantitative estimate of drug-likeness (QED) is 0.844. The molecule has 0 bridgehead atoms. The summed E-state index contributed by atoms with van der Waals surface area (Å²) >= 11 is 0. The first kappa shape index (κ1) is 15.2. The van der Waals surface area contributed by atoms with Crippen LogP contribution in [0, 0.1) is 0 Å². The van der Waals surface area contributed by atoms with Gasteiger partial charge in [-0.1, -0.05) is 25.5 Å². The smallest absolute Gasteiger partial charge is 0.255 e. The molecule has 0 saturated carbocycles. The molecule has 0 aliphatic rings. The number of rotatable bonds is 5. The van der Waals surface area contributed by atoms with Crippen LogP contribution in [0.3, 0.4) is 0 Å². The van der Waals surface area contributed by atoms with Gasteiger partial charge in [-0.3, -0.25) is 9.59 Å². The van der Waals surface area contributed by atoms with E-state index < -0.39 is 6.04 Å². The number of hydrogen-bond acceptors (Lipinski definition) is 3. The Balaban J connectivity index is 2.90. The van der Waals surface area contributed by atoms with E-state index in [9.17, 15) is 9.59 Å². The van der Waals surface area contributed by atoms with E-state index in [1.54, 1.807) is 38.4 Å². The van der Waals surface area contributed by atoms with Crippen molar-refractivity contribution in [2.75, 3.05) is 19.4 Å². The highest BCUT2D eigenvalue weighted by Gasteiger charge is 2.17.